The fourth-order valence-corrected chi connectivity index (χ4v) is 3.09. The van der Waals surface area contributed by atoms with Gasteiger partial charge in [-0.25, -0.2) is 0 Å². The normalized spacial score (nSPS) is 18.3. The van der Waals surface area contributed by atoms with Gasteiger partial charge in [0.2, 0.25) is 0 Å². The van der Waals surface area contributed by atoms with Crippen molar-refractivity contribution in [3.05, 3.63) is 29.3 Å². The fraction of sp³-hybridized carbons (Fsp3) is 0.529. The summed E-state index contributed by atoms with van der Waals surface area (Å²) in [6.45, 7) is 1.26. The molecular formula is C17H23ClN2O4. The molecule has 6 nitrogen and oxygen atoms in total. The van der Waals surface area contributed by atoms with Crippen molar-refractivity contribution in [1.29, 1.82) is 0 Å². The van der Waals surface area contributed by atoms with Crippen LogP contribution in [0.25, 0.3) is 0 Å². The summed E-state index contributed by atoms with van der Waals surface area (Å²) in [5, 5.41) is 9.38. The number of rotatable bonds is 6. The lowest BCUT2D eigenvalue weighted by Gasteiger charge is -2.25. The Morgan fingerprint density at radius 1 is 1.33 bits per heavy atom. The molecule has 1 N–H and O–H groups in total. The zero-order valence-electron chi connectivity index (χ0n) is 13.8. The summed E-state index contributed by atoms with van der Waals surface area (Å²) in [5.41, 5.74) is 0. The van der Waals surface area contributed by atoms with E-state index in [-0.39, 0.29) is 25.1 Å². The van der Waals surface area contributed by atoms with Gasteiger partial charge in [0.25, 0.3) is 5.91 Å². The van der Waals surface area contributed by atoms with Gasteiger partial charge in [0.1, 0.15) is 5.75 Å². The number of benzene rings is 1. The molecule has 132 valence electrons. The highest BCUT2D eigenvalue weighted by molar-refractivity contribution is 6.32. The molecule has 2 rings (SSSR count). The van der Waals surface area contributed by atoms with Gasteiger partial charge in [-0.1, -0.05) is 23.7 Å². The maximum atomic E-state index is 12.3. The SMILES string of the molecule is CN(CC(=O)O)C1CCCN(C(=O)COc2ccccc2Cl)CC1. The lowest BCUT2D eigenvalue weighted by atomic mass is 10.1. The molecule has 0 saturated carbocycles. The first-order valence-electron chi connectivity index (χ1n) is 8.04. The predicted octanol–water partition coefficient (Wildman–Crippen LogP) is 2.12. The largest absolute Gasteiger partial charge is 0.482 e. The van der Waals surface area contributed by atoms with Crippen LogP contribution in [0.1, 0.15) is 19.3 Å². The highest BCUT2D eigenvalue weighted by Crippen LogP contribution is 2.23. The summed E-state index contributed by atoms with van der Waals surface area (Å²) >= 11 is 6.01. The number of aliphatic carboxylic acids is 1. The van der Waals surface area contributed by atoms with Gasteiger partial charge in [-0.15, -0.1) is 0 Å². The first-order chi connectivity index (χ1) is 11.5. The molecule has 0 spiro atoms. The van der Waals surface area contributed by atoms with Crippen molar-refractivity contribution in [2.45, 2.75) is 25.3 Å². The molecule has 1 fully saturated rings. The number of amides is 1. The average Bonchev–Trinajstić information content (AvgIpc) is 2.79. The summed E-state index contributed by atoms with van der Waals surface area (Å²) in [4.78, 5) is 26.8. The van der Waals surface area contributed by atoms with Crippen LogP contribution in [0.2, 0.25) is 5.02 Å². The molecule has 0 radical (unpaired) electrons. The maximum Gasteiger partial charge on any atom is 0.317 e. The zero-order valence-corrected chi connectivity index (χ0v) is 14.5. The van der Waals surface area contributed by atoms with Crippen molar-refractivity contribution in [2.75, 3.05) is 33.3 Å². The van der Waals surface area contributed by atoms with Gasteiger partial charge in [0, 0.05) is 19.1 Å². The predicted molar refractivity (Wildman–Crippen MR) is 91.4 cm³/mol. The number of carboxylic acid groups (broad SMARTS) is 1. The van der Waals surface area contributed by atoms with Crippen LogP contribution in [-0.4, -0.2) is 66.1 Å². The molecule has 1 aliphatic rings. The van der Waals surface area contributed by atoms with E-state index >= 15 is 0 Å². The van der Waals surface area contributed by atoms with Gasteiger partial charge in [0.05, 0.1) is 11.6 Å². The van der Waals surface area contributed by atoms with Crippen molar-refractivity contribution in [2.24, 2.45) is 0 Å². The van der Waals surface area contributed by atoms with Gasteiger partial charge in [-0.05, 0) is 38.4 Å². The third kappa shape index (κ3) is 5.39. The minimum Gasteiger partial charge on any atom is -0.482 e. The van der Waals surface area contributed by atoms with Crippen LogP contribution in [0.3, 0.4) is 0 Å². The van der Waals surface area contributed by atoms with E-state index in [1.165, 1.54) is 0 Å². The van der Waals surface area contributed by atoms with E-state index in [0.717, 1.165) is 19.3 Å². The number of nitrogens with zero attached hydrogens (tertiary/aromatic N) is 2. The Morgan fingerprint density at radius 2 is 2.08 bits per heavy atom. The lowest BCUT2D eigenvalue weighted by Crippen LogP contribution is -2.38. The van der Waals surface area contributed by atoms with Crippen molar-refractivity contribution in [3.63, 3.8) is 0 Å². The molecule has 0 aliphatic carbocycles. The molecule has 1 atom stereocenters. The summed E-state index contributed by atoms with van der Waals surface area (Å²) in [6, 6.07) is 7.24. The quantitative estimate of drug-likeness (QED) is 0.847. The van der Waals surface area contributed by atoms with Crippen LogP contribution in [0, 0.1) is 0 Å². The van der Waals surface area contributed by atoms with E-state index in [0.29, 0.717) is 23.9 Å². The van der Waals surface area contributed by atoms with Gasteiger partial charge in [-0.3, -0.25) is 14.5 Å². The van der Waals surface area contributed by atoms with Crippen LogP contribution < -0.4 is 4.74 Å². The molecule has 0 bridgehead atoms. The third-order valence-electron chi connectivity index (χ3n) is 4.25. The van der Waals surface area contributed by atoms with Crippen LogP contribution >= 0.6 is 11.6 Å². The molecule has 24 heavy (non-hydrogen) atoms. The van der Waals surface area contributed by atoms with E-state index in [4.69, 9.17) is 21.4 Å². The Morgan fingerprint density at radius 3 is 2.79 bits per heavy atom. The van der Waals surface area contributed by atoms with E-state index < -0.39 is 5.97 Å². The highest BCUT2D eigenvalue weighted by atomic mass is 35.5. The molecule has 1 aliphatic heterocycles. The summed E-state index contributed by atoms with van der Waals surface area (Å²) in [5.74, 6) is -0.402. The minimum absolute atomic E-state index is 0.0221. The van der Waals surface area contributed by atoms with E-state index in [9.17, 15) is 9.59 Å². The molecule has 0 aromatic heterocycles. The number of ether oxygens (including phenoxy) is 1. The maximum absolute atomic E-state index is 12.3. The Kier molecular flexibility index (Phi) is 6.87. The molecule has 1 amide bonds. The van der Waals surface area contributed by atoms with Gasteiger partial charge < -0.3 is 14.7 Å². The number of para-hydroxylation sites is 1. The molecular weight excluding hydrogens is 332 g/mol. The molecule has 1 unspecified atom stereocenters. The smallest absolute Gasteiger partial charge is 0.317 e. The first-order valence-corrected chi connectivity index (χ1v) is 8.42. The van der Waals surface area contributed by atoms with Crippen molar-refractivity contribution in [1.82, 2.24) is 9.80 Å². The second kappa shape index (κ2) is 8.89. The Bertz CT molecular complexity index is 581. The second-order valence-electron chi connectivity index (χ2n) is 5.99. The summed E-state index contributed by atoms with van der Waals surface area (Å²) in [6.07, 6.45) is 2.51. The summed E-state index contributed by atoms with van der Waals surface area (Å²) < 4.78 is 5.51. The topological polar surface area (TPSA) is 70.1 Å². The Labute approximate surface area is 146 Å². The number of halogens is 1. The monoisotopic (exact) mass is 354 g/mol. The minimum atomic E-state index is -0.831. The van der Waals surface area contributed by atoms with Gasteiger partial charge in [0.15, 0.2) is 6.61 Å². The number of carboxylic acids is 1. The molecule has 7 heteroatoms. The number of likely N-dealkylation sites (N-methyl/N-ethyl adjacent to an activating group) is 1. The van der Waals surface area contributed by atoms with Crippen LogP contribution in [0.4, 0.5) is 0 Å². The first kappa shape index (κ1) is 18.5. The zero-order chi connectivity index (χ0) is 17.5. The average molecular weight is 355 g/mol. The number of hydrogen-bond donors (Lipinski definition) is 1. The van der Waals surface area contributed by atoms with Gasteiger partial charge >= 0.3 is 5.97 Å². The fourth-order valence-electron chi connectivity index (χ4n) is 2.90. The standard InChI is InChI=1S/C17H23ClN2O4/c1-19(11-17(22)23)13-5-4-9-20(10-8-13)16(21)12-24-15-7-3-2-6-14(15)18/h2-3,6-7,13H,4-5,8-12H2,1H3,(H,22,23). The molecule has 1 aromatic carbocycles. The Hall–Kier alpha value is -1.79. The molecule has 1 heterocycles. The van der Waals surface area contributed by atoms with Gasteiger partial charge in [-0.2, -0.15) is 0 Å². The van der Waals surface area contributed by atoms with E-state index in [2.05, 4.69) is 0 Å². The number of hydrogen-bond acceptors (Lipinski definition) is 4. The van der Waals surface area contributed by atoms with Crippen LogP contribution in [0.15, 0.2) is 24.3 Å². The van der Waals surface area contributed by atoms with Crippen molar-refractivity contribution >= 4 is 23.5 Å². The van der Waals surface area contributed by atoms with Crippen LogP contribution in [-0.2, 0) is 9.59 Å². The Balaban J connectivity index is 1.83. The lowest BCUT2D eigenvalue weighted by molar-refractivity contribution is -0.138. The molecule has 1 saturated heterocycles. The van der Waals surface area contributed by atoms with Crippen molar-refractivity contribution in [3.8, 4) is 5.75 Å². The number of carbonyl (C=O) groups is 2. The third-order valence-corrected chi connectivity index (χ3v) is 4.56. The van der Waals surface area contributed by atoms with Crippen molar-refractivity contribution < 1.29 is 19.4 Å². The summed E-state index contributed by atoms with van der Waals surface area (Å²) in [7, 11) is 1.82. The molecule has 1 aromatic rings. The van der Waals surface area contributed by atoms with E-state index in [1.807, 2.05) is 11.9 Å². The van der Waals surface area contributed by atoms with Crippen LogP contribution in [0.5, 0.6) is 5.75 Å². The number of likely N-dealkylation sites (tertiary alicyclic amines) is 1. The second-order valence-corrected chi connectivity index (χ2v) is 6.40. The number of carbonyl (C=O) groups excluding carboxylic acids is 1. The highest BCUT2D eigenvalue weighted by Gasteiger charge is 2.24. The van der Waals surface area contributed by atoms with E-state index in [1.54, 1.807) is 29.2 Å².